The van der Waals surface area contributed by atoms with Crippen molar-refractivity contribution in [1.82, 2.24) is 15.6 Å². The standard InChI is InChI=1S/C19H26N4O.HI/c1-15-6-4-7-17(12-15)16(2)13-23-19(20-3)22-10-11-24-18-8-5-9-21-14-18;/h4-9,12,14,16H,10-11,13H2,1-3H3,(H2,20,22,23);1H. The van der Waals surface area contributed by atoms with Crippen molar-refractivity contribution in [2.75, 3.05) is 26.7 Å². The number of benzene rings is 1. The van der Waals surface area contributed by atoms with E-state index in [9.17, 15) is 0 Å². The molecule has 2 aromatic rings. The SMILES string of the molecule is CN=C(NCCOc1cccnc1)NCC(C)c1cccc(C)c1.I. The predicted molar refractivity (Wildman–Crippen MR) is 114 cm³/mol. The number of ether oxygens (including phenoxy) is 1. The normalized spacial score (nSPS) is 12.0. The molecule has 5 nitrogen and oxygen atoms in total. The summed E-state index contributed by atoms with van der Waals surface area (Å²) in [6, 6.07) is 12.4. The number of nitrogens with one attached hydrogen (secondary N) is 2. The van der Waals surface area contributed by atoms with Crippen LogP contribution in [0.1, 0.15) is 24.0 Å². The number of pyridine rings is 1. The second-order valence-electron chi connectivity index (χ2n) is 5.73. The molecule has 1 unspecified atom stereocenters. The molecule has 1 atom stereocenters. The van der Waals surface area contributed by atoms with Crippen molar-refractivity contribution in [1.29, 1.82) is 0 Å². The van der Waals surface area contributed by atoms with Gasteiger partial charge >= 0.3 is 0 Å². The Morgan fingerprint density at radius 2 is 2.08 bits per heavy atom. The van der Waals surface area contributed by atoms with Crippen LogP contribution in [0, 0.1) is 6.92 Å². The molecule has 0 aliphatic carbocycles. The van der Waals surface area contributed by atoms with E-state index in [0.29, 0.717) is 19.1 Å². The van der Waals surface area contributed by atoms with Crippen LogP contribution >= 0.6 is 24.0 Å². The molecule has 1 heterocycles. The van der Waals surface area contributed by atoms with Gasteiger partial charge in [-0.1, -0.05) is 36.8 Å². The molecular formula is C19H27IN4O. The van der Waals surface area contributed by atoms with E-state index >= 15 is 0 Å². The Labute approximate surface area is 167 Å². The molecule has 0 aliphatic rings. The average molecular weight is 454 g/mol. The van der Waals surface area contributed by atoms with Crippen molar-refractivity contribution in [3.63, 3.8) is 0 Å². The molecule has 0 aliphatic heterocycles. The molecular weight excluding hydrogens is 427 g/mol. The molecule has 2 rings (SSSR count). The average Bonchev–Trinajstić information content (AvgIpc) is 2.61. The maximum Gasteiger partial charge on any atom is 0.191 e. The number of aliphatic imine (C=N–C) groups is 1. The zero-order valence-electron chi connectivity index (χ0n) is 15.0. The fraction of sp³-hybridized carbons (Fsp3) is 0.368. The van der Waals surface area contributed by atoms with Gasteiger partial charge < -0.3 is 15.4 Å². The molecule has 0 amide bonds. The summed E-state index contributed by atoms with van der Waals surface area (Å²) in [6.07, 6.45) is 3.43. The Morgan fingerprint density at radius 1 is 1.24 bits per heavy atom. The number of hydrogen-bond acceptors (Lipinski definition) is 3. The molecule has 0 spiro atoms. The van der Waals surface area contributed by atoms with E-state index in [1.54, 1.807) is 19.4 Å². The molecule has 0 radical (unpaired) electrons. The maximum atomic E-state index is 5.60. The topological polar surface area (TPSA) is 58.5 Å². The summed E-state index contributed by atoms with van der Waals surface area (Å²) >= 11 is 0. The second kappa shape index (κ2) is 11.7. The van der Waals surface area contributed by atoms with E-state index < -0.39 is 0 Å². The van der Waals surface area contributed by atoms with E-state index in [0.717, 1.165) is 18.3 Å². The van der Waals surface area contributed by atoms with Gasteiger partial charge in [0.25, 0.3) is 0 Å². The Kier molecular flexibility index (Phi) is 9.91. The van der Waals surface area contributed by atoms with Crippen molar-refractivity contribution >= 4 is 29.9 Å². The van der Waals surface area contributed by atoms with E-state index in [1.165, 1.54) is 11.1 Å². The summed E-state index contributed by atoms with van der Waals surface area (Å²) in [5, 5.41) is 6.61. The molecule has 1 aromatic heterocycles. The van der Waals surface area contributed by atoms with Gasteiger partial charge in [0.15, 0.2) is 5.96 Å². The Hall–Kier alpha value is -1.83. The first kappa shape index (κ1) is 21.2. The third-order valence-electron chi connectivity index (χ3n) is 3.71. The molecule has 6 heteroatoms. The number of hydrogen-bond donors (Lipinski definition) is 2. The number of rotatable bonds is 7. The lowest BCUT2D eigenvalue weighted by atomic mass is 9.99. The first-order chi connectivity index (χ1) is 11.7. The minimum absolute atomic E-state index is 0. The number of aryl methyl sites for hydroxylation is 1. The van der Waals surface area contributed by atoms with Crippen LogP contribution in [0.15, 0.2) is 53.8 Å². The van der Waals surface area contributed by atoms with Crippen LogP contribution in [0.3, 0.4) is 0 Å². The lowest BCUT2D eigenvalue weighted by Crippen LogP contribution is -2.40. The molecule has 0 fully saturated rings. The van der Waals surface area contributed by atoms with Crippen LogP contribution in [-0.2, 0) is 0 Å². The second-order valence-corrected chi connectivity index (χ2v) is 5.73. The van der Waals surface area contributed by atoms with Gasteiger partial charge in [-0.05, 0) is 30.5 Å². The van der Waals surface area contributed by atoms with Crippen molar-refractivity contribution in [2.45, 2.75) is 19.8 Å². The number of nitrogens with zero attached hydrogens (tertiary/aromatic N) is 2. The van der Waals surface area contributed by atoms with E-state index in [2.05, 4.69) is 58.7 Å². The third kappa shape index (κ3) is 7.72. The van der Waals surface area contributed by atoms with Gasteiger partial charge in [0, 0.05) is 19.8 Å². The molecule has 0 saturated heterocycles. The van der Waals surface area contributed by atoms with E-state index in [4.69, 9.17) is 4.74 Å². The molecule has 0 bridgehead atoms. The van der Waals surface area contributed by atoms with Gasteiger partial charge in [0.05, 0.1) is 12.7 Å². The Balaban J connectivity index is 0.00000312. The highest BCUT2D eigenvalue weighted by Gasteiger charge is 2.06. The van der Waals surface area contributed by atoms with Gasteiger partial charge in [-0.2, -0.15) is 0 Å². The van der Waals surface area contributed by atoms with Gasteiger partial charge in [-0.15, -0.1) is 24.0 Å². The minimum Gasteiger partial charge on any atom is -0.490 e. The van der Waals surface area contributed by atoms with Crippen LogP contribution in [0.2, 0.25) is 0 Å². The molecule has 25 heavy (non-hydrogen) atoms. The number of halogens is 1. The summed E-state index contributed by atoms with van der Waals surface area (Å²) in [5.41, 5.74) is 2.62. The third-order valence-corrected chi connectivity index (χ3v) is 3.71. The fourth-order valence-corrected chi connectivity index (χ4v) is 2.34. The van der Waals surface area contributed by atoms with Gasteiger partial charge in [0.1, 0.15) is 12.4 Å². The van der Waals surface area contributed by atoms with Crippen LogP contribution in [-0.4, -0.2) is 37.7 Å². The largest absolute Gasteiger partial charge is 0.490 e. The highest BCUT2D eigenvalue weighted by atomic mass is 127. The summed E-state index contributed by atoms with van der Waals surface area (Å²) in [4.78, 5) is 8.26. The van der Waals surface area contributed by atoms with Crippen LogP contribution in [0.4, 0.5) is 0 Å². The molecule has 1 aromatic carbocycles. The van der Waals surface area contributed by atoms with Crippen LogP contribution in [0.25, 0.3) is 0 Å². The zero-order valence-corrected chi connectivity index (χ0v) is 17.4. The Morgan fingerprint density at radius 3 is 2.76 bits per heavy atom. The highest BCUT2D eigenvalue weighted by molar-refractivity contribution is 14.0. The summed E-state index contributed by atoms with van der Waals surface area (Å²) in [5.74, 6) is 1.97. The summed E-state index contributed by atoms with van der Waals surface area (Å²) in [6.45, 7) is 6.38. The van der Waals surface area contributed by atoms with Crippen LogP contribution in [0.5, 0.6) is 5.75 Å². The summed E-state index contributed by atoms with van der Waals surface area (Å²) < 4.78 is 5.60. The molecule has 2 N–H and O–H groups in total. The lowest BCUT2D eigenvalue weighted by molar-refractivity contribution is 0.320. The van der Waals surface area contributed by atoms with E-state index in [1.807, 2.05) is 12.1 Å². The predicted octanol–water partition coefficient (Wildman–Crippen LogP) is 3.36. The van der Waals surface area contributed by atoms with Crippen molar-refractivity contribution < 1.29 is 4.74 Å². The fourth-order valence-electron chi connectivity index (χ4n) is 2.34. The highest BCUT2D eigenvalue weighted by Crippen LogP contribution is 2.15. The first-order valence-electron chi connectivity index (χ1n) is 8.23. The monoisotopic (exact) mass is 454 g/mol. The minimum atomic E-state index is 0. The Bertz CT molecular complexity index is 649. The van der Waals surface area contributed by atoms with Gasteiger partial charge in [0.2, 0.25) is 0 Å². The maximum absolute atomic E-state index is 5.60. The number of aromatic nitrogens is 1. The van der Waals surface area contributed by atoms with Crippen LogP contribution < -0.4 is 15.4 Å². The molecule has 0 saturated carbocycles. The lowest BCUT2D eigenvalue weighted by Gasteiger charge is -2.17. The smallest absolute Gasteiger partial charge is 0.191 e. The van der Waals surface area contributed by atoms with Gasteiger partial charge in [-0.3, -0.25) is 9.98 Å². The quantitative estimate of drug-likeness (QED) is 0.292. The first-order valence-corrected chi connectivity index (χ1v) is 8.23. The summed E-state index contributed by atoms with van der Waals surface area (Å²) in [7, 11) is 1.77. The molecule has 136 valence electrons. The number of guanidine groups is 1. The van der Waals surface area contributed by atoms with Gasteiger partial charge in [-0.25, -0.2) is 0 Å². The van der Waals surface area contributed by atoms with E-state index in [-0.39, 0.29) is 24.0 Å². The van der Waals surface area contributed by atoms with Crippen molar-refractivity contribution in [3.05, 3.63) is 59.9 Å². The van der Waals surface area contributed by atoms with Crippen molar-refractivity contribution in [3.8, 4) is 5.75 Å². The zero-order chi connectivity index (χ0) is 17.2. The van der Waals surface area contributed by atoms with Crippen molar-refractivity contribution in [2.24, 2.45) is 4.99 Å².